The Bertz CT molecular complexity index is 955. The average molecular weight is 520 g/mol. The van der Waals surface area contributed by atoms with Gasteiger partial charge in [-0.2, -0.15) is 0 Å². The number of nitrogens with one attached hydrogen (secondary N) is 1. The van der Waals surface area contributed by atoms with Crippen molar-refractivity contribution in [3.05, 3.63) is 97.7 Å². The lowest BCUT2D eigenvalue weighted by Crippen LogP contribution is -2.17. The van der Waals surface area contributed by atoms with Crippen molar-refractivity contribution in [3.63, 3.8) is 0 Å². The van der Waals surface area contributed by atoms with Crippen LogP contribution in [0.5, 0.6) is 5.75 Å². The van der Waals surface area contributed by atoms with Crippen molar-refractivity contribution in [2.45, 2.75) is 19.6 Å². The van der Waals surface area contributed by atoms with E-state index >= 15 is 0 Å². The van der Waals surface area contributed by atoms with Crippen LogP contribution in [0.25, 0.3) is 0 Å². The van der Waals surface area contributed by atoms with Gasteiger partial charge in [0.1, 0.15) is 18.2 Å². The van der Waals surface area contributed by atoms with Crippen LogP contribution in [0.15, 0.2) is 65.1 Å². The van der Waals surface area contributed by atoms with Gasteiger partial charge < -0.3 is 10.1 Å². The molecule has 0 atom stereocenters. The molecule has 0 radical (unpaired) electrons. The van der Waals surface area contributed by atoms with E-state index in [1.165, 1.54) is 6.07 Å². The van der Waals surface area contributed by atoms with Gasteiger partial charge in [-0.25, -0.2) is 4.39 Å². The fraction of sp³-hybridized carbons (Fsp3) is 0.182. The van der Waals surface area contributed by atoms with E-state index in [4.69, 9.17) is 27.9 Å². The second-order valence-corrected chi connectivity index (χ2v) is 8.05. The fourth-order valence-electron chi connectivity index (χ4n) is 2.77. The Morgan fingerprint density at radius 1 is 0.931 bits per heavy atom. The molecule has 0 aliphatic rings. The maximum Gasteiger partial charge on any atom is 0.129 e. The molecule has 154 valence electrons. The predicted molar refractivity (Wildman–Crippen MR) is 124 cm³/mol. The molecule has 0 fully saturated rings. The summed E-state index contributed by atoms with van der Waals surface area (Å²) in [6, 6.07) is 18.0. The van der Waals surface area contributed by atoms with Crippen LogP contribution in [0.4, 0.5) is 4.39 Å². The van der Waals surface area contributed by atoms with Crippen LogP contribution in [0.1, 0.15) is 16.7 Å². The number of hydrogen-bond donors (Lipinski definition) is 1. The van der Waals surface area contributed by atoms with E-state index in [-0.39, 0.29) is 24.8 Å². The van der Waals surface area contributed by atoms with E-state index in [1.807, 2.05) is 30.3 Å². The first-order valence-electron chi connectivity index (χ1n) is 8.82. The SMILES string of the molecule is Cl.Fc1ccccc1COc1ccc(Br)cc1CNCCc1ccc(Cl)cc1Cl. The summed E-state index contributed by atoms with van der Waals surface area (Å²) in [5, 5.41) is 4.71. The van der Waals surface area contributed by atoms with Crippen molar-refractivity contribution in [2.24, 2.45) is 0 Å². The molecule has 0 aliphatic heterocycles. The zero-order valence-corrected chi connectivity index (χ0v) is 19.3. The fourth-order valence-corrected chi connectivity index (χ4v) is 3.68. The number of benzene rings is 3. The van der Waals surface area contributed by atoms with Crippen LogP contribution in [0.2, 0.25) is 10.0 Å². The van der Waals surface area contributed by atoms with Gasteiger partial charge in [0, 0.05) is 32.2 Å². The van der Waals surface area contributed by atoms with E-state index in [0.29, 0.717) is 22.2 Å². The molecule has 2 nitrogen and oxygen atoms in total. The number of ether oxygens (including phenoxy) is 1. The highest BCUT2D eigenvalue weighted by molar-refractivity contribution is 9.10. The summed E-state index contributed by atoms with van der Waals surface area (Å²) in [7, 11) is 0. The summed E-state index contributed by atoms with van der Waals surface area (Å²) in [5.74, 6) is 0.461. The Morgan fingerprint density at radius 3 is 2.48 bits per heavy atom. The van der Waals surface area contributed by atoms with Crippen molar-refractivity contribution in [3.8, 4) is 5.75 Å². The predicted octanol–water partition coefficient (Wildman–Crippen LogP) is 7.23. The first-order valence-corrected chi connectivity index (χ1v) is 10.4. The zero-order chi connectivity index (χ0) is 19.9. The highest BCUT2D eigenvalue weighted by Gasteiger charge is 2.08. The molecule has 29 heavy (non-hydrogen) atoms. The van der Waals surface area contributed by atoms with Crippen molar-refractivity contribution in [1.29, 1.82) is 0 Å². The van der Waals surface area contributed by atoms with E-state index in [2.05, 4.69) is 21.2 Å². The molecule has 3 aromatic carbocycles. The standard InChI is InChI=1S/C22H19BrCl2FNO.ClH/c23-18-6-8-22(28-14-16-3-1-2-4-21(16)26)17(11-18)13-27-10-9-15-5-7-19(24)12-20(15)25;/h1-8,11-12,27H,9-10,13-14H2;1H. The van der Waals surface area contributed by atoms with Gasteiger partial charge >= 0.3 is 0 Å². The Morgan fingerprint density at radius 2 is 1.72 bits per heavy atom. The van der Waals surface area contributed by atoms with Gasteiger partial charge in [0.25, 0.3) is 0 Å². The lowest BCUT2D eigenvalue weighted by Gasteiger charge is -2.14. The van der Waals surface area contributed by atoms with Gasteiger partial charge in [-0.05, 0) is 54.9 Å². The van der Waals surface area contributed by atoms with E-state index in [9.17, 15) is 4.39 Å². The molecular formula is C22H20BrCl3FNO. The molecule has 0 aromatic heterocycles. The molecule has 0 aliphatic carbocycles. The van der Waals surface area contributed by atoms with Crippen LogP contribution in [-0.2, 0) is 19.6 Å². The third-order valence-corrected chi connectivity index (χ3v) is 5.35. The van der Waals surface area contributed by atoms with Gasteiger partial charge in [0.2, 0.25) is 0 Å². The number of rotatable bonds is 8. The minimum Gasteiger partial charge on any atom is -0.488 e. The van der Waals surface area contributed by atoms with Crippen molar-refractivity contribution in [1.82, 2.24) is 5.32 Å². The molecule has 0 amide bonds. The molecule has 1 N–H and O–H groups in total. The average Bonchev–Trinajstić information content (AvgIpc) is 2.67. The highest BCUT2D eigenvalue weighted by atomic mass is 79.9. The molecule has 7 heteroatoms. The number of halogens is 5. The Balaban J connectivity index is 0.00000300. The summed E-state index contributed by atoms with van der Waals surface area (Å²) in [4.78, 5) is 0. The summed E-state index contributed by atoms with van der Waals surface area (Å²) >= 11 is 15.6. The van der Waals surface area contributed by atoms with E-state index in [0.717, 1.165) is 34.3 Å². The van der Waals surface area contributed by atoms with E-state index < -0.39 is 0 Å². The minimum atomic E-state index is -0.265. The normalized spacial score (nSPS) is 10.5. The summed E-state index contributed by atoms with van der Waals surface area (Å²) in [5.41, 5.74) is 2.57. The second kappa shape index (κ2) is 11.8. The lowest BCUT2D eigenvalue weighted by atomic mass is 10.1. The zero-order valence-electron chi connectivity index (χ0n) is 15.4. The first kappa shape index (κ1) is 24.0. The van der Waals surface area contributed by atoms with Crippen LogP contribution in [-0.4, -0.2) is 6.54 Å². The van der Waals surface area contributed by atoms with Gasteiger partial charge in [-0.1, -0.05) is 63.4 Å². The quantitative estimate of drug-likeness (QED) is 0.317. The van der Waals surface area contributed by atoms with Crippen LogP contribution >= 0.6 is 51.5 Å². The monoisotopic (exact) mass is 517 g/mol. The van der Waals surface area contributed by atoms with Gasteiger partial charge in [-0.15, -0.1) is 12.4 Å². The van der Waals surface area contributed by atoms with Crippen molar-refractivity contribution in [2.75, 3.05) is 6.54 Å². The Hall–Kier alpha value is -1.30. The smallest absolute Gasteiger partial charge is 0.129 e. The third-order valence-electron chi connectivity index (χ3n) is 4.27. The summed E-state index contributed by atoms with van der Waals surface area (Å²) < 4.78 is 20.6. The van der Waals surface area contributed by atoms with Crippen molar-refractivity contribution < 1.29 is 9.13 Å². The Kier molecular flexibility index (Phi) is 9.73. The van der Waals surface area contributed by atoms with Crippen LogP contribution in [0, 0.1) is 5.82 Å². The summed E-state index contributed by atoms with van der Waals surface area (Å²) in [6.45, 7) is 1.56. The molecule has 0 unspecified atom stereocenters. The third kappa shape index (κ3) is 7.16. The minimum absolute atomic E-state index is 0. The maximum atomic E-state index is 13.8. The largest absolute Gasteiger partial charge is 0.488 e. The topological polar surface area (TPSA) is 21.3 Å². The molecule has 0 heterocycles. The number of hydrogen-bond acceptors (Lipinski definition) is 2. The molecular weight excluding hydrogens is 500 g/mol. The van der Waals surface area contributed by atoms with Crippen LogP contribution in [0.3, 0.4) is 0 Å². The molecule has 0 spiro atoms. The summed E-state index contributed by atoms with van der Waals surface area (Å²) in [6.07, 6.45) is 0.787. The van der Waals surface area contributed by atoms with Crippen LogP contribution < -0.4 is 10.1 Å². The molecule has 3 rings (SSSR count). The molecule has 0 saturated carbocycles. The lowest BCUT2D eigenvalue weighted by molar-refractivity contribution is 0.296. The van der Waals surface area contributed by atoms with Gasteiger partial charge in [-0.3, -0.25) is 0 Å². The van der Waals surface area contributed by atoms with Gasteiger partial charge in [0.15, 0.2) is 0 Å². The maximum absolute atomic E-state index is 13.8. The Labute approximate surface area is 194 Å². The molecule has 0 saturated heterocycles. The van der Waals surface area contributed by atoms with Gasteiger partial charge in [0.05, 0.1) is 0 Å². The first-order chi connectivity index (χ1) is 13.5. The molecule has 3 aromatic rings. The second-order valence-electron chi connectivity index (χ2n) is 6.29. The van der Waals surface area contributed by atoms with Crippen molar-refractivity contribution >= 4 is 51.5 Å². The molecule has 0 bridgehead atoms. The van der Waals surface area contributed by atoms with E-state index in [1.54, 1.807) is 24.3 Å². The highest BCUT2D eigenvalue weighted by Crippen LogP contribution is 2.25.